The first-order valence-corrected chi connectivity index (χ1v) is 11.7. The zero-order valence-corrected chi connectivity index (χ0v) is 22.8. The SMILES string of the molecule is CCCC(=O)c1c(C(=O)OC)c(-c2ccc(OC)c(OC)c2)c2c(OC)c(OC)c(OC)c(OC)c2c1O. The lowest BCUT2D eigenvalue weighted by atomic mass is 9.85. The molecule has 0 aliphatic carbocycles. The van der Waals surface area contributed by atoms with Crippen molar-refractivity contribution in [2.45, 2.75) is 19.8 Å². The van der Waals surface area contributed by atoms with E-state index in [0.29, 0.717) is 23.5 Å². The molecule has 0 amide bonds. The molecule has 0 aliphatic heterocycles. The fourth-order valence-electron chi connectivity index (χ4n) is 4.59. The fourth-order valence-corrected chi connectivity index (χ4v) is 4.59. The Hall–Kier alpha value is -4.34. The number of methoxy groups -OCH3 is 7. The minimum atomic E-state index is -0.831. The summed E-state index contributed by atoms with van der Waals surface area (Å²) >= 11 is 0. The highest BCUT2D eigenvalue weighted by atomic mass is 16.5. The smallest absolute Gasteiger partial charge is 0.339 e. The van der Waals surface area contributed by atoms with Crippen LogP contribution in [-0.2, 0) is 4.74 Å². The Balaban J connectivity index is 2.80. The van der Waals surface area contributed by atoms with Gasteiger partial charge in [-0.15, -0.1) is 0 Å². The summed E-state index contributed by atoms with van der Waals surface area (Å²) in [7, 11) is 9.80. The molecule has 0 saturated carbocycles. The standard InChI is InChI=1S/C28H32O10/c1-9-10-15(29)19-21(28(31)38-8)18(14-11-12-16(32-2)17(13-14)33-3)20-22(23(19)30)25(35-5)27(37-7)26(36-6)24(20)34-4/h11-13,30H,9-10H2,1-8H3. The van der Waals surface area contributed by atoms with Crippen LogP contribution in [0.5, 0.6) is 40.2 Å². The van der Waals surface area contributed by atoms with Gasteiger partial charge in [0.2, 0.25) is 11.5 Å². The van der Waals surface area contributed by atoms with Gasteiger partial charge in [0.15, 0.2) is 28.8 Å². The van der Waals surface area contributed by atoms with Gasteiger partial charge in [-0.25, -0.2) is 4.79 Å². The van der Waals surface area contributed by atoms with Gasteiger partial charge in [0.25, 0.3) is 0 Å². The molecule has 38 heavy (non-hydrogen) atoms. The maximum absolute atomic E-state index is 13.4. The Morgan fingerprint density at radius 1 is 0.711 bits per heavy atom. The first kappa shape index (κ1) is 28.2. The topological polar surface area (TPSA) is 119 Å². The average molecular weight is 529 g/mol. The molecule has 10 heteroatoms. The summed E-state index contributed by atoms with van der Waals surface area (Å²) in [5, 5.41) is 12.0. The van der Waals surface area contributed by atoms with Gasteiger partial charge in [-0.1, -0.05) is 13.0 Å². The molecular weight excluding hydrogens is 496 g/mol. The largest absolute Gasteiger partial charge is 0.506 e. The molecule has 0 fully saturated rings. The lowest BCUT2D eigenvalue weighted by molar-refractivity contribution is 0.0597. The van der Waals surface area contributed by atoms with Crippen molar-refractivity contribution in [1.82, 2.24) is 0 Å². The number of carbonyl (C=O) groups is 2. The van der Waals surface area contributed by atoms with Crippen molar-refractivity contribution in [2.75, 3.05) is 49.8 Å². The van der Waals surface area contributed by atoms with E-state index >= 15 is 0 Å². The summed E-state index contributed by atoms with van der Waals surface area (Å²) in [5.74, 6) is -0.427. The molecular formula is C28H32O10. The van der Waals surface area contributed by atoms with Gasteiger partial charge in [-0.2, -0.15) is 0 Å². The summed E-state index contributed by atoms with van der Waals surface area (Å²) in [6.45, 7) is 1.82. The van der Waals surface area contributed by atoms with Crippen LogP contribution in [0.4, 0.5) is 0 Å². The van der Waals surface area contributed by atoms with E-state index in [4.69, 9.17) is 33.2 Å². The van der Waals surface area contributed by atoms with Crippen molar-refractivity contribution in [1.29, 1.82) is 0 Å². The number of carbonyl (C=O) groups excluding carboxylic acids is 2. The van der Waals surface area contributed by atoms with E-state index in [1.54, 1.807) is 18.2 Å². The van der Waals surface area contributed by atoms with Gasteiger partial charge in [0.1, 0.15) is 5.75 Å². The predicted molar refractivity (Wildman–Crippen MR) is 141 cm³/mol. The molecule has 3 rings (SSSR count). The van der Waals surface area contributed by atoms with E-state index in [0.717, 1.165) is 0 Å². The van der Waals surface area contributed by atoms with E-state index in [1.165, 1.54) is 49.8 Å². The third-order valence-corrected chi connectivity index (χ3v) is 6.18. The summed E-state index contributed by atoms with van der Waals surface area (Å²) in [6, 6.07) is 5.00. The number of aromatic hydroxyl groups is 1. The molecule has 0 saturated heterocycles. The molecule has 0 radical (unpaired) electrons. The van der Waals surface area contributed by atoms with E-state index in [9.17, 15) is 14.7 Å². The third kappa shape index (κ3) is 4.46. The van der Waals surface area contributed by atoms with Crippen LogP contribution in [-0.4, -0.2) is 66.6 Å². The molecule has 0 spiro atoms. The number of ether oxygens (including phenoxy) is 7. The van der Waals surface area contributed by atoms with Crippen LogP contribution >= 0.6 is 0 Å². The first-order valence-electron chi connectivity index (χ1n) is 11.7. The van der Waals surface area contributed by atoms with Gasteiger partial charge in [-0.3, -0.25) is 4.79 Å². The summed E-state index contributed by atoms with van der Waals surface area (Å²) in [4.78, 5) is 26.8. The summed E-state index contributed by atoms with van der Waals surface area (Å²) in [6.07, 6.45) is 0.552. The molecule has 0 atom stereocenters. The van der Waals surface area contributed by atoms with Crippen LogP contribution in [0.1, 0.15) is 40.5 Å². The molecule has 0 aromatic heterocycles. The average Bonchev–Trinajstić information content (AvgIpc) is 2.94. The van der Waals surface area contributed by atoms with Crippen molar-refractivity contribution < 1.29 is 47.9 Å². The molecule has 0 bridgehead atoms. The maximum atomic E-state index is 13.4. The molecule has 0 heterocycles. The number of esters is 1. The highest BCUT2D eigenvalue weighted by molar-refractivity contribution is 6.23. The molecule has 3 aromatic rings. The number of phenols is 1. The zero-order valence-electron chi connectivity index (χ0n) is 22.8. The fraction of sp³-hybridized carbons (Fsp3) is 0.357. The molecule has 3 aromatic carbocycles. The second kappa shape index (κ2) is 11.8. The minimum absolute atomic E-state index is 0.0706. The normalized spacial score (nSPS) is 10.6. The van der Waals surface area contributed by atoms with E-state index < -0.39 is 17.5 Å². The Labute approximate surface area is 220 Å². The zero-order chi connectivity index (χ0) is 28.1. The maximum Gasteiger partial charge on any atom is 0.339 e. The Kier molecular flexibility index (Phi) is 8.77. The van der Waals surface area contributed by atoms with Crippen molar-refractivity contribution in [2.24, 2.45) is 0 Å². The Morgan fingerprint density at radius 2 is 1.26 bits per heavy atom. The monoisotopic (exact) mass is 528 g/mol. The number of hydrogen-bond donors (Lipinski definition) is 1. The lowest BCUT2D eigenvalue weighted by Gasteiger charge is -2.24. The highest BCUT2D eigenvalue weighted by Gasteiger charge is 2.35. The van der Waals surface area contributed by atoms with Crippen LogP contribution in [0.3, 0.4) is 0 Å². The van der Waals surface area contributed by atoms with Crippen molar-refractivity contribution in [3.8, 4) is 51.4 Å². The van der Waals surface area contributed by atoms with Crippen LogP contribution in [0.2, 0.25) is 0 Å². The van der Waals surface area contributed by atoms with E-state index in [-0.39, 0.29) is 56.9 Å². The molecule has 204 valence electrons. The Bertz CT molecular complexity index is 1380. The van der Waals surface area contributed by atoms with E-state index in [1.807, 2.05) is 6.92 Å². The van der Waals surface area contributed by atoms with Crippen molar-refractivity contribution in [3.63, 3.8) is 0 Å². The van der Waals surface area contributed by atoms with Gasteiger partial charge in [-0.05, 0) is 24.1 Å². The molecule has 1 N–H and O–H groups in total. The second-order valence-corrected chi connectivity index (χ2v) is 8.09. The number of ketones is 1. The Morgan fingerprint density at radius 3 is 1.74 bits per heavy atom. The number of Topliss-reactive ketones (excluding diaryl/α,β-unsaturated/α-hetero) is 1. The summed E-state index contributed by atoms with van der Waals surface area (Å²) in [5.41, 5.74) is 0.339. The predicted octanol–water partition coefficient (Wildman–Crippen LogP) is 5.03. The molecule has 10 nitrogen and oxygen atoms in total. The van der Waals surface area contributed by atoms with Crippen molar-refractivity contribution in [3.05, 3.63) is 29.3 Å². The van der Waals surface area contributed by atoms with Crippen LogP contribution in [0, 0.1) is 0 Å². The second-order valence-electron chi connectivity index (χ2n) is 8.09. The quantitative estimate of drug-likeness (QED) is 0.268. The summed E-state index contributed by atoms with van der Waals surface area (Å²) < 4.78 is 38.6. The number of fused-ring (bicyclic) bond motifs is 1. The first-order chi connectivity index (χ1) is 18.3. The third-order valence-electron chi connectivity index (χ3n) is 6.18. The van der Waals surface area contributed by atoms with Gasteiger partial charge < -0.3 is 38.3 Å². The van der Waals surface area contributed by atoms with Crippen LogP contribution in [0.15, 0.2) is 18.2 Å². The molecule has 0 aliphatic rings. The number of rotatable bonds is 11. The number of phenolic OH excluding ortho intramolecular Hbond substituents is 1. The van der Waals surface area contributed by atoms with Gasteiger partial charge in [0.05, 0.1) is 66.3 Å². The van der Waals surface area contributed by atoms with Gasteiger partial charge >= 0.3 is 5.97 Å². The highest BCUT2D eigenvalue weighted by Crippen LogP contribution is 2.57. The minimum Gasteiger partial charge on any atom is -0.506 e. The van der Waals surface area contributed by atoms with E-state index in [2.05, 4.69) is 0 Å². The number of hydrogen-bond acceptors (Lipinski definition) is 10. The van der Waals surface area contributed by atoms with Crippen LogP contribution in [0.25, 0.3) is 21.9 Å². The van der Waals surface area contributed by atoms with Gasteiger partial charge in [0, 0.05) is 17.4 Å². The molecule has 0 unspecified atom stereocenters. The number of benzene rings is 3. The lowest BCUT2D eigenvalue weighted by Crippen LogP contribution is -2.14. The van der Waals surface area contributed by atoms with Crippen molar-refractivity contribution >= 4 is 22.5 Å². The van der Waals surface area contributed by atoms with Crippen LogP contribution < -0.4 is 28.4 Å².